The first-order chi connectivity index (χ1) is 9.13. The van der Waals surface area contributed by atoms with Crippen molar-refractivity contribution in [3.63, 3.8) is 0 Å². The molecule has 0 spiro atoms. The number of rotatable bonds is 2. The van der Waals surface area contributed by atoms with Crippen LogP contribution in [-0.2, 0) is 0 Å². The van der Waals surface area contributed by atoms with E-state index < -0.39 is 0 Å². The summed E-state index contributed by atoms with van der Waals surface area (Å²) in [7, 11) is 0. The highest BCUT2D eigenvalue weighted by molar-refractivity contribution is 5.55. The lowest BCUT2D eigenvalue weighted by Crippen LogP contribution is -2.01. The van der Waals surface area contributed by atoms with E-state index >= 15 is 0 Å². The molecule has 0 unspecified atom stereocenters. The van der Waals surface area contributed by atoms with Crippen LogP contribution in [0.1, 0.15) is 11.3 Å². The third-order valence-corrected chi connectivity index (χ3v) is 2.73. The molecule has 0 aliphatic heterocycles. The predicted octanol–water partition coefficient (Wildman–Crippen LogP) is 2.12. The van der Waals surface area contributed by atoms with Crippen LogP contribution in [0.4, 0.5) is 5.69 Å². The smallest absolute Gasteiger partial charge is 0.255 e. The van der Waals surface area contributed by atoms with Gasteiger partial charge in [0.2, 0.25) is 5.88 Å². The van der Waals surface area contributed by atoms with Crippen molar-refractivity contribution in [3.05, 3.63) is 41.9 Å². The van der Waals surface area contributed by atoms with Crippen molar-refractivity contribution in [2.75, 3.05) is 5.73 Å². The fourth-order valence-corrected chi connectivity index (χ4v) is 1.81. The monoisotopic (exact) mass is 255 g/mol. The van der Waals surface area contributed by atoms with Crippen LogP contribution in [0.15, 0.2) is 30.6 Å². The lowest BCUT2D eigenvalue weighted by molar-refractivity contribution is 0.447. The normalized spacial score (nSPS) is 10.8. The second-order valence-corrected chi connectivity index (χ2v) is 4.35. The van der Waals surface area contributed by atoms with Crippen LogP contribution in [-0.4, -0.2) is 19.6 Å². The van der Waals surface area contributed by atoms with Gasteiger partial charge in [-0.3, -0.25) is 0 Å². The van der Waals surface area contributed by atoms with Crippen LogP contribution in [0.2, 0.25) is 0 Å². The van der Waals surface area contributed by atoms with Crippen molar-refractivity contribution < 1.29 is 4.74 Å². The minimum atomic E-state index is 0.501. The molecule has 2 N–H and O–H groups in total. The summed E-state index contributed by atoms with van der Waals surface area (Å²) >= 11 is 0. The number of nitrogens with two attached hydrogens (primary N) is 1. The van der Waals surface area contributed by atoms with Gasteiger partial charge in [-0.25, -0.2) is 4.98 Å². The Hall–Kier alpha value is -2.63. The Bertz CT molecular complexity index is 750. The van der Waals surface area contributed by atoms with Gasteiger partial charge in [0.15, 0.2) is 5.75 Å². The summed E-state index contributed by atoms with van der Waals surface area (Å²) in [4.78, 5) is 8.31. The summed E-state index contributed by atoms with van der Waals surface area (Å²) in [5.74, 6) is 1.64. The van der Waals surface area contributed by atoms with Crippen molar-refractivity contribution >= 4 is 11.5 Å². The molecule has 3 aromatic rings. The maximum Gasteiger partial charge on any atom is 0.255 e. The number of ether oxygens (including phenoxy) is 1. The van der Waals surface area contributed by atoms with E-state index in [1.54, 1.807) is 6.07 Å². The van der Waals surface area contributed by atoms with Crippen molar-refractivity contribution in [1.29, 1.82) is 0 Å². The van der Waals surface area contributed by atoms with Crippen molar-refractivity contribution in [3.8, 4) is 11.6 Å². The topological polar surface area (TPSA) is 78.3 Å². The molecule has 0 aliphatic rings. The predicted molar refractivity (Wildman–Crippen MR) is 71.2 cm³/mol. The summed E-state index contributed by atoms with van der Waals surface area (Å²) < 4.78 is 7.37. The Morgan fingerprint density at radius 3 is 2.89 bits per heavy atom. The fourth-order valence-electron chi connectivity index (χ4n) is 1.81. The number of nitrogen functional groups attached to an aromatic ring is 1. The van der Waals surface area contributed by atoms with Crippen molar-refractivity contribution in [1.82, 2.24) is 19.6 Å². The molecule has 0 aliphatic carbocycles. The van der Waals surface area contributed by atoms with Gasteiger partial charge in [0, 0.05) is 11.8 Å². The lowest BCUT2D eigenvalue weighted by Gasteiger charge is -2.10. The Morgan fingerprint density at radius 1 is 1.21 bits per heavy atom. The van der Waals surface area contributed by atoms with Gasteiger partial charge < -0.3 is 10.5 Å². The van der Waals surface area contributed by atoms with Gasteiger partial charge in [-0.15, -0.1) is 0 Å². The SMILES string of the molecule is Cc1ccc(N)c(Oc2cc(C)nc3ncnn23)c1. The Labute approximate surface area is 109 Å². The van der Waals surface area contributed by atoms with Gasteiger partial charge in [0.05, 0.1) is 5.69 Å². The molecule has 0 radical (unpaired) electrons. The molecule has 0 saturated heterocycles. The largest absolute Gasteiger partial charge is 0.437 e. The van der Waals surface area contributed by atoms with Crippen LogP contribution in [0, 0.1) is 13.8 Å². The Kier molecular flexibility index (Phi) is 2.56. The first kappa shape index (κ1) is 11.5. The van der Waals surface area contributed by atoms with E-state index in [4.69, 9.17) is 10.5 Å². The Balaban J connectivity index is 2.10. The molecular weight excluding hydrogens is 242 g/mol. The summed E-state index contributed by atoms with van der Waals surface area (Å²) in [6.45, 7) is 3.86. The number of nitrogens with zero attached hydrogens (tertiary/aromatic N) is 4. The van der Waals surface area contributed by atoms with E-state index in [0.717, 1.165) is 11.3 Å². The number of aromatic nitrogens is 4. The zero-order chi connectivity index (χ0) is 13.4. The number of aryl methyl sites for hydroxylation is 2. The average molecular weight is 255 g/mol. The number of hydrogen-bond acceptors (Lipinski definition) is 5. The molecule has 1 aromatic carbocycles. The number of anilines is 1. The first-order valence-corrected chi connectivity index (χ1v) is 5.85. The highest BCUT2D eigenvalue weighted by Gasteiger charge is 2.09. The zero-order valence-electron chi connectivity index (χ0n) is 10.7. The van der Waals surface area contributed by atoms with Gasteiger partial charge in [-0.05, 0) is 31.5 Å². The molecule has 6 heteroatoms. The molecule has 0 bridgehead atoms. The van der Waals surface area contributed by atoms with Crippen LogP contribution in [0.5, 0.6) is 11.6 Å². The van der Waals surface area contributed by atoms with E-state index in [1.807, 2.05) is 32.0 Å². The lowest BCUT2D eigenvalue weighted by atomic mass is 10.2. The van der Waals surface area contributed by atoms with Crippen LogP contribution < -0.4 is 10.5 Å². The average Bonchev–Trinajstić information content (AvgIpc) is 2.82. The molecule has 19 heavy (non-hydrogen) atoms. The second-order valence-electron chi connectivity index (χ2n) is 4.35. The molecule has 6 nitrogen and oxygen atoms in total. The minimum Gasteiger partial charge on any atom is -0.437 e. The standard InChI is InChI=1S/C13H13N5O/c1-8-3-4-10(14)11(5-8)19-12-6-9(2)17-13-15-7-16-18(12)13/h3-7H,14H2,1-2H3. The fraction of sp³-hybridized carbons (Fsp3) is 0.154. The van der Waals surface area contributed by atoms with E-state index in [-0.39, 0.29) is 0 Å². The molecule has 2 aromatic heterocycles. The maximum atomic E-state index is 5.91. The van der Waals surface area contributed by atoms with Crippen LogP contribution in [0.25, 0.3) is 5.78 Å². The van der Waals surface area contributed by atoms with Crippen molar-refractivity contribution in [2.45, 2.75) is 13.8 Å². The van der Waals surface area contributed by atoms with Gasteiger partial charge in [0.25, 0.3) is 5.78 Å². The highest BCUT2D eigenvalue weighted by atomic mass is 16.5. The van der Waals surface area contributed by atoms with Gasteiger partial charge >= 0.3 is 0 Å². The summed E-state index contributed by atoms with van der Waals surface area (Å²) in [6.07, 6.45) is 1.44. The molecule has 3 rings (SSSR count). The van der Waals surface area contributed by atoms with E-state index in [2.05, 4.69) is 15.1 Å². The molecule has 0 fully saturated rings. The van der Waals surface area contributed by atoms with Crippen molar-refractivity contribution in [2.24, 2.45) is 0 Å². The minimum absolute atomic E-state index is 0.501. The highest BCUT2D eigenvalue weighted by Crippen LogP contribution is 2.28. The van der Waals surface area contributed by atoms with E-state index in [0.29, 0.717) is 23.1 Å². The maximum absolute atomic E-state index is 5.91. The van der Waals surface area contributed by atoms with Gasteiger partial charge in [0.1, 0.15) is 6.33 Å². The third-order valence-electron chi connectivity index (χ3n) is 2.73. The summed E-state index contributed by atoms with van der Waals surface area (Å²) in [6, 6.07) is 7.43. The molecular formula is C13H13N5O. The molecule has 0 amide bonds. The van der Waals surface area contributed by atoms with E-state index in [1.165, 1.54) is 10.8 Å². The summed E-state index contributed by atoms with van der Waals surface area (Å²) in [5.41, 5.74) is 8.37. The number of benzene rings is 1. The van der Waals surface area contributed by atoms with E-state index in [9.17, 15) is 0 Å². The van der Waals surface area contributed by atoms with Crippen LogP contribution >= 0.6 is 0 Å². The van der Waals surface area contributed by atoms with Gasteiger partial charge in [-0.2, -0.15) is 14.6 Å². The quantitative estimate of drug-likeness (QED) is 0.709. The third kappa shape index (κ3) is 2.08. The molecule has 0 atom stereocenters. The Morgan fingerprint density at radius 2 is 2.05 bits per heavy atom. The van der Waals surface area contributed by atoms with Gasteiger partial charge in [-0.1, -0.05) is 6.07 Å². The number of fused-ring (bicyclic) bond motifs is 1. The number of hydrogen-bond donors (Lipinski definition) is 1. The summed E-state index contributed by atoms with van der Waals surface area (Å²) in [5, 5.41) is 4.09. The first-order valence-electron chi connectivity index (χ1n) is 5.85. The second kappa shape index (κ2) is 4.24. The zero-order valence-corrected chi connectivity index (χ0v) is 10.7. The molecule has 96 valence electrons. The molecule has 2 heterocycles. The van der Waals surface area contributed by atoms with Crippen LogP contribution in [0.3, 0.4) is 0 Å². The molecule has 0 saturated carbocycles.